The van der Waals surface area contributed by atoms with Gasteiger partial charge in [0, 0.05) is 29.8 Å². The highest BCUT2D eigenvalue weighted by Gasteiger charge is 2.12. The average Bonchev–Trinajstić information content (AvgIpc) is 2.89. The molecule has 0 aliphatic carbocycles. The number of amides is 4. The van der Waals surface area contributed by atoms with Gasteiger partial charge in [0.25, 0.3) is 11.8 Å². The van der Waals surface area contributed by atoms with E-state index in [1.165, 1.54) is 0 Å². The number of carbonyl (C=O) groups excluding carboxylic acids is 3. The van der Waals surface area contributed by atoms with E-state index in [2.05, 4.69) is 32.1 Å². The molecule has 0 saturated carbocycles. The van der Waals surface area contributed by atoms with E-state index >= 15 is 0 Å². The van der Waals surface area contributed by atoms with Gasteiger partial charge in [-0.15, -0.1) is 0 Å². The highest BCUT2D eigenvalue weighted by Crippen LogP contribution is 2.13. The third kappa shape index (κ3) is 4.59. The number of hydrogen-bond acceptors (Lipinski definition) is 3. The predicted molar refractivity (Wildman–Crippen MR) is 90.9 cm³/mol. The zero-order valence-electron chi connectivity index (χ0n) is 12.8. The number of hydrogen-bond donors (Lipinski definition) is 4. The lowest BCUT2D eigenvalue weighted by Gasteiger charge is -2.08. The molecule has 9 heteroatoms. The molecule has 24 heavy (non-hydrogen) atoms. The van der Waals surface area contributed by atoms with Crippen LogP contribution in [0.5, 0.6) is 0 Å². The van der Waals surface area contributed by atoms with Crippen molar-refractivity contribution < 1.29 is 14.4 Å². The number of aryl methyl sites for hydroxylation is 1. The van der Waals surface area contributed by atoms with Crippen LogP contribution in [-0.4, -0.2) is 22.4 Å². The van der Waals surface area contributed by atoms with Crippen LogP contribution in [0.4, 0.5) is 4.79 Å². The number of carbonyl (C=O) groups is 3. The van der Waals surface area contributed by atoms with Gasteiger partial charge < -0.3 is 15.6 Å². The fourth-order valence-electron chi connectivity index (χ4n) is 1.96. The first-order valence-electron chi connectivity index (χ1n) is 6.91. The van der Waals surface area contributed by atoms with Crippen molar-refractivity contribution in [1.82, 2.24) is 20.7 Å². The minimum Gasteiger partial charge on any atom is -0.352 e. The van der Waals surface area contributed by atoms with Gasteiger partial charge in [-0.05, 0) is 39.7 Å². The van der Waals surface area contributed by atoms with Gasteiger partial charge in [0.2, 0.25) is 0 Å². The van der Waals surface area contributed by atoms with Crippen LogP contribution in [-0.2, 0) is 13.6 Å². The Morgan fingerprint density at radius 2 is 1.75 bits per heavy atom. The number of nitrogens with two attached hydrogens (primary N) is 1. The first kappa shape index (κ1) is 17.5. The van der Waals surface area contributed by atoms with Crippen molar-refractivity contribution in [2.75, 3.05) is 0 Å². The zero-order chi connectivity index (χ0) is 17.7. The molecular formula is C15H16BrN5O3. The number of hydrazine groups is 1. The van der Waals surface area contributed by atoms with Crippen LogP contribution in [0, 0.1) is 0 Å². The highest BCUT2D eigenvalue weighted by molar-refractivity contribution is 9.10. The lowest BCUT2D eigenvalue weighted by atomic mass is 10.1. The van der Waals surface area contributed by atoms with Crippen molar-refractivity contribution in [3.63, 3.8) is 0 Å². The van der Waals surface area contributed by atoms with E-state index in [1.807, 2.05) is 0 Å². The summed E-state index contributed by atoms with van der Waals surface area (Å²) >= 11 is 3.27. The summed E-state index contributed by atoms with van der Waals surface area (Å²) in [5.41, 5.74) is 11.2. The summed E-state index contributed by atoms with van der Waals surface area (Å²) in [4.78, 5) is 34.7. The normalized spacial score (nSPS) is 10.1. The quantitative estimate of drug-likeness (QED) is 0.580. The Bertz CT molecular complexity index is 770. The van der Waals surface area contributed by atoms with Crippen molar-refractivity contribution in [2.24, 2.45) is 12.8 Å². The minimum atomic E-state index is -0.619. The number of urea groups is 1. The summed E-state index contributed by atoms with van der Waals surface area (Å²) in [6.07, 6.45) is 1.73. The molecule has 5 N–H and O–H groups in total. The van der Waals surface area contributed by atoms with Crippen molar-refractivity contribution in [2.45, 2.75) is 6.54 Å². The molecule has 8 nitrogen and oxygen atoms in total. The second-order valence-electron chi connectivity index (χ2n) is 4.98. The van der Waals surface area contributed by atoms with E-state index in [4.69, 9.17) is 5.73 Å². The van der Waals surface area contributed by atoms with Crippen molar-refractivity contribution >= 4 is 33.8 Å². The van der Waals surface area contributed by atoms with Gasteiger partial charge in [0.1, 0.15) is 5.69 Å². The van der Waals surface area contributed by atoms with Crippen molar-refractivity contribution in [3.05, 3.63) is 57.8 Å². The van der Waals surface area contributed by atoms with E-state index in [0.717, 1.165) is 10.0 Å². The smallest absolute Gasteiger partial charge is 0.312 e. The minimum absolute atomic E-state index is 0.274. The first-order chi connectivity index (χ1) is 11.4. The van der Waals surface area contributed by atoms with E-state index < -0.39 is 17.8 Å². The van der Waals surface area contributed by atoms with Gasteiger partial charge in [-0.3, -0.25) is 20.4 Å². The molecule has 0 spiro atoms. The molecule has 0 aliphatic heterocycles. The standard InChI is InChI=1S/C15H16BrN5O3/c1-21-8-11(16)6-12(21)14(23)20-19-13(22)10-4-2-9(3-5-10)7-18-15(17)24/h2-6,8H,7H2,1H3,(H,19,22)(H,20,23)(H3,17,18,24). The number of primary amides is 1. The molecule has 4 amide bonds. The lowest BCUT2D eigenvalue weighted by Crippen LogP contribution is -2.42. The fourth-order valence-corrected chi connectivity index (χ4v) is 2.49. The molecule has 2 aromatic rings. The number of halogens is 1. The first-order valence-corrected chi connectivity index (χ1v) is 7.71. The summed E-state index contributed by atoms with van der Waals surface area (Å²) in [6, 6.07) is 7.55. The van der Waals surface area contributed by atoms with E-state index in [-0.39, 0.29) is 6.54 Å². The van der Waals surface area contributed by atoms with Crippen molar-refractivity contribution in [1.29, 1.82) is 0 Å². The van der Waals surface area contributed by atoms with E-state index in [9.17, 15) is 14.4 Å². The van der Waals surface area contributed by atoms with Gasteiger partial charge >= 0.3 is 6.03 Å². The molecule has 0 fully saturated rings. The molecule has 126 valence electrons. The Balaban J connectivity index is 1.91. The topological polar surface area (TPSA) is 118 Å². The number of nitrogens with zero attached hydrogens (tertiary/aromatic N) is 1. The Morgan fingerprint density at radius 3 is 2.29 bits per heavy atom. The van der Waals surface area contributed by atoms with Crippen LogP contribution in [0.15, 0.2) is 41.0 Å². The Labute approximate surface area is 146 Å². The molecule has 0 aliphatic rings. The Kier molecular flexibility index (Phi) is 5.59. The SMILES string of the molecule is Cn1cc(Br)cc1C(=O)NNC(=O)c1ccc(CNC(N)=O)cc1. The molecule has 0 radical (unpaired) electrons. The largest absolute Gasteiger partial charge is 0.352 e. The maximum Gasteiger partial charge on any atom is 0.312 e. The fraction of sp³-hybridized carbons (Fsp3) is 0.133. The summed E-state index contributed by atoms with van der Waals surface area (Å²) in [5, 5.41) is 2.45. The Hall–Kier alpha value is -2.81. The molecule has 0 saturated heterocycles. The number of nitrogens with one attached hydrogen (secondary N) is 3. The molecular weight excluding hydrogens is 378 g/mol. The predicted octanol–water partition coefficient (Wildman–Crippen LogP) is 1.03. The molecule has 0 bridgehead atoms. The van der Waals surface area contributed by atoms with Gasteiger partial charge in [-0.2, -0.15) is 0 Å². The lowest BCUT2D eigenvalue weighted by molar-refractivity contribution is 0.0842. The highest BCUT2D eigenvalue weighted by atomic mass is 79.9. The summed E-state index contributed by atoms with van der Waals surface area (Å²) < 4.78 is 2.40. The van der Waals surface area contributed by atoms with Crippen LogP contribution in [0.2, 0.25) is 0 Å². The maximum absolute atomic E-state index is 12.0. The monoisotopic (exact) mass is 393 g/mol. The molecule has 1 aromatic carbocycles. The molecule has 0 atom stereocenters. The van der Waals surface area contributed by atoms with Gasteiger partial charge in [-0.1, -0.05) is 12.1 Å². The Morgan fingerprint density at radius 1 is 1.12 bits per heavy atom. The number of aromatic nitrogens is 1. The van der Waals surface area contributed by atoms with Gasteiger partial charge in [0.15, 0.2) is 0 Å². The third-order valence-electron chi connectivity index (χ3n) is 3.18. The molecule has 2 rings (SSSR count). The van der Waals surface area contributed by atoms with E-state index in [1.54, 1.807) is 48.1 Å². The number of rotatable bonds is 4. The van der Waals surface area contributed by atoms with E-state index in [0.29, 0.717) is 11.3 Å². The summed E-state index contributed by atoms with van der Waals surface area (Å²) in [5.74, 6) is -0.884. The number of benzene rings is 1. The summed E-state index contributed by atoms with van der Waals surface area (Å²) in [7, 11) is 1.72. The average molecular weight is 394 g/mol. The van der Waals surface area contributed by atoms with Crippen molar-refractivity contribution in [3.8, 4) is 0 Å². The second kappa shape index (κ2) is 7.64. The molecule has 1 aromatic heterocycles. The van der Waals surface area contributed by atoms with Gasteiger partial charge in [0.05, 0.1) is 0 Å². The van der Waals surface area contributed by atoms with Crippen LogP contribution in [0.1, 0.15) is 26.4 Å². The molecule has 1 heterocycles. The maximum atomic E-state index is 12.0. The zero-order valence-corrected chi connectivity index (χ0v) is 14.4. The van der Waals surface area contributed by atoms with Crippen LogP contribution in [0.3, 0.4) is 0 Å². The molecule has 0 unspecified atom stereocenters. The van der Waals surface area contributed by atoms with Crippen LogP contribution in [0.25, 0.3) is 0 Å². The summed E-state index contributed by atoms with van der Waals surface area (Å²) in [6.45, 7) is 0.274. The van der Waals surface area contributed by atoms with Gasteiger partial charge in [-0.25, -0.2) is 4.79 Å². The van der Waals surface area contributed by atoms with Crippen LogP contribution < -0.4 is 21.9 Å². The second-order valence-corrected chi connectivity index (χ2v) is 5.89. The van der Waals surface area contributed by atoms with Crippen LogP contribution >= 0.6 is 15.9 Å². The third-order valence-corrected chi connectivity index (χ3v) is 3.61.